The highest BCUT2D eigenvalue weighted by molar-refractivity contribution is 7.89. The van der Waals surface area contributed by atoms with Crippen molar-refractivity contribution in [2.24, 2.45) is 16.8 Å². The number of thiazole rings is 1. The molecule has 1 amide bonds. The second kappa shape index (κ2) is 9.52. The summed E-state index contributed by atoms with van der Waals surface area (Å²) in [7, 11) is -3.67. The number of halogens is 2. The first-order valence-corrected chi connectivity index (χ1v) is 13.1. The lowest BCUT2D eigenvalue weighted by Crippen LogP contribution is -2.42. The molecule has 1 fully saturated rings. The van der Waals surface area contributed by atoms with Gasteiger partial charge >= 0.3 is 0 Å². The monoisotopic (exact) mass is 505 g/mol. The van der Waals surface area contributed by atoms with Crippen LogP contribution in [-0.4, -0.2) is 36.3 Å². The van der Waals surface area contributed by atoms with Gasteiger partial charge < -0.3 is 4.57 Å². The van der Waals surface area contributed by atoms with Crippen LogP contribution in [0.25, 0.3) is 10.2 Å². The Hall–Kier alpha value is -2.69. The van der Waals surface area contributed by atoms with E-state index in [1.54, 1.807) is 0 Å². The van der Waals surface area contributed by atoms with Gasteiger partial charge in [0.15, 0.2) is 10.6 Å². The van der Waals surface area contributed by atoms with Crippen molar-refractivity contribution in [2.75, 3.05) is 13.1 Å². The number of hydrogen-bond donors (Lipinski definition) is 0. The molecule has 3 aromatic rings. The third-order valence-electron chi connectivity index (χ3n) is 5.78. The summed E-state index contributed by atoms with van der Waals surface area (Å²) < 4.78 is 57.4. The number of carbonyl (C=O) groups is 1. The van der Waals surface area contributed by atoms with Crippen LogP contribution in [0.5, 0.6) is 0 Å². The van der Waals surface area contributed by atoms with Gasteiger partial charge in [0.2, 0.25) is 10.0 Å². The van der Waals surface area contributed by atoms with Gasteiger partial charge in [0.05, 0.1) is 15.1 Å². The molecule has 2 heterocycles. The summed E-state index contributed by atoms with van der Waals surface area (Å²) in [5.74, 6) is -1.53. The molecule has 2 atom stereocenters. The molecule has 6 nitrogen and oxygen atoms in total. The molecule has 34 heavy (non-hydrogen) atoms. The van der Waals surface area contributed by atoms with Crippen molar-refractivity contribution in [3.05, 3.63) is 71.1 Å². The Bertz CT molecular complexity index is 1420. The third-order valence-corrected chi connectivity index (χ3v) is 8.65. The quantitative estimate of drug-likeness (QED) is 0.477. The number of fused-ring (bicyclic) bond motifs is 1. The number of sulfonamides is 1. The van der Waals surface area contributed by atoms with E-state index < -0.39 is 27.6 Å². The summed E-state index contributed by atoms with van der Waals surface area (Å²) in [6.07, 6.45) is 2.52. The Morgan fingerprint density at radius 1 is 1.18 bits per heavy atom. The van der Waals surface area contributed by atoms with Crippen LogP contribution >= 0.6 is 11.3 Å². The first-order chi connectivity index (χ1) is 16.1. The third kappa shape index (κ3) is 4.75. The lowest BCUT2D eigenvalue weighted by molar-refractivity contribution is 0.0997. The van der Waals surface area contributed by atoms with Gasteiger partial charge in [0, 0.05) is 31.3 Å². The van der Waals surface area contributed by atoms with Crippen LogP contribution in [0.1, 0.15) is 30.6 Å². The molecule has 0 N–H and O–H groups in total. The molecule has 1 saturated heterocycles. The van der Waals surface area contributed by atoms with Gasteiger partial charge in [-0.2, -0.15) is 9.30 Å². The summed E-state index contributed by atoms with van der Waals surface area (Å²) in [4.78, 5) is 17.2. The van der Waals surface area contributed by atoms with Crippen molar-refractivity contribution < 1.29 is 22.0 Å². The van der Waals surface area contributed by atoms with Gasteiger partial charge in [-0.15, -0.1) is 6.58 Å². The van der Waals surface area contributed by atoms with E-state index in [4.69, 9.17) is 0 Å². The molecule has 1 aliphatic heterocycles. The molecule has 180 valence electrons. The zero-order chi connectivity index (χ0) is 24.6. The Balaban J connectivity index is 1.66. The van der Waals surface area contributed by atoms with Crippen molar-refractivity contribution in [1.29, 1.82) is 0 Å². The highest BCUT2D eigenvalue weighted by Crippen LogP contribution is 2.27. The fourth-order valence-corrected chi connectivity index (χ4v) is 7.14. The standard InChI is InChI=1S/C24H25F2N3O3S2/c1-4-9-29-22-20(26)11-18(25)12-21(22)33-24(29)27-23(30)17-5-7-19(8-6-17)34(31,32)28-13-15(2)10-16(3)14-28/h4-8,11-12,15-16H,1,9-10,13-14H2,2-3H3. The summed E-state index contributed by atoms with van der Waals surface area (Å²) in [6.45, 7) is 8.83. The predicted molar refractivity (Wildman–Crippen MR) is 128 cm³/mol. The molecule has 2 aromatic carbocycles. The molecule has 1 aromatic heterocycles. The van der Waals surface area contributed by atoms with Crippen molar-refractivity contribution in [2.45, 2.75) is 31.7 Å². The van der Waals surface area contributed by atoms with E-state index in [0.29, 0.717) is 17.8 Å². The van der Waals surface area contributed by atoms with Crippen molar-refractivity contribution >= 4 is 37.5 Å². The number of allylic oxidation sites excluding steroid dienone is 1. The second-order valence-electron chi connectivity index (χ2n) is 8.73. The number of nitrogens with zero attached hydrogens (tertiary/aromatic N) is 3. The predicted octanol–water partition coefficient (Wildman–Crippen LogP) is 4.57. The smallest absolute Gasteiger partial charge is 0.279 e. The summed E-state index contributed by atoms with van der Waals surface area (Å²) >= 11 is 0.987. The highest BCUT2D eigenvalue weighted by Gasteiger charge is 2.31. The second-order valence-corrected chi connectivity index (χ2v) is 11.7. The minimum Gasteiger partial charge on any atom is -0.310 e. The Morgan fingerprint density at radius 3 is 2.44 bits per heavy atom. The van der Waals surface area contributed by atoms with Gasteiger partial charge in [0.1, 0.15) is 5.82 Å². The van der Waals surface area contributed by atoms with E-state index in [1.165, 1.54) is 45.3 Å². The van der Waals surface area contributed by atoms with Crippen LogP contribution in [0.4, 0.5) is 8.78 Å². The first kappa shape index (κ1) is 24.4. The van der Waals surface area contributed by atoms with Crippen LogP contribution in [0.15, 0.2) is 58.9 Å². The van der Waals surface area contributed by atoms with Crippen LogP contribution in [0.2, 0.25) is 0 Å². The van der Waals surface area contributed by atoms with E-state index in [0.717, 1.165) is 23.8 Å². The maximum atomic E-state index is 14.4. The number of rotatable bonds is 5. The van der Waals surface area contributed by atoms with E-state index in [2.05, 4.69) is 11.6 Å². The summed E-state index contributed by atoms with van der Waals surface area (Å²) in [5, 5.41) is 0. The zero-order valence-electron chi connectivity index (χ0n) is 18.9. The normalized spacial score (nSPS) is 20.1. The molecule has 4 rings (SSSR count). The Kier molecular flexibility index (Phi) is 6.84. The van der Waals surface area contributed by atoms with Crippen LogP contribution < -0.4 is 4.80 Å². The number of aromatic nitrogens is 1. The van der Waals surface area contributed by atoms with E-state index in [9.17, 15) is 22.0 Å². The van der Waals surface area contributed by atoms with Crippen LogP contribution in [-0.2, 0) is 16.6 Å². The molecule has 0 spiro atoms. The van der Waals surface area contributed by atoms with Crippen molar-refractivity contribution in [3.8, 4) is 0 Å². The molecular formula is C24H25F2N3O3S2. The van der Waals surface area contributed by atoms with Gasteiger partial charge in [-0.1, -0.05) is 31.3 Å². The fraction of sp³-hybridized carbons (Fsp3) is 0.333. The highest BCUT2D eigenvalue weighted by atomic mass is 32.2. The molecular weight excluding hydrogens is 480 g/mol. The molecule has 2 unspecified atom stereocenters. The van der Waals surface area contributed by atoms with Gasteiger partial charge in [-0.25, -0.2) is 17.2 Å². The summed E-state index contributed by atoms with van der Waals surface area (Å²) in [6, 6.07) is 7.61. The van der Waals surface area contributed by atoms with Gasteiger partial charge in [-0.3, -0.25) is 4.79 Å². The average molecular weight is 506 g/mol. The number of hydrogen-bond acceptors (Lipinski definition) is 4. The Labute approximate surface area is 200 Å². The average Bonchev–Trinajstić information content (AvgIpc) is 3.10. The molecule has 0 radical (unpaired) electrons. The first-order valence-electron chi connectivity index (χ1n) is 10.9. The minimum atomic E-state index is -3.67. The van der Waals surface area contributed by atoms with Crippen molar-refractivity contribution in [1.82, 2.24) is 8.87 Å². The number of carbonyl (C=O) groups excluding carboxylic acids is 1. The Morgan fingerprint density at radius 2 is 1.82 bits per heavy atom. The van der Waals surface area contributed by atoms with E-state index >= 15 is 0 Å². The summed E-state index contributed by atoms with van der Waals surface area (Å²) in [5.41, 5.74) is 0.331. The van der Waals surface area contributed by atoms with E-state index in [1.807, 2.05) is 13.8 Å². The van der Waals surface area contributed by atoms with E-state index in [-0.39, 0.29) is 39.2 Å². The minimum absolute atomic E-state index is 0.117. The van der Waals surface area contributed by atoms with Crippen LogP contribution in [0, 0.1) is 23.5 Å². The maximum Gasteiger partial charge on any atom is 0.279 e. The molecule has 10 heteroatoms. The van der Waals surface area contributed by atoms with Gasteiger partial charge in [0.25, 0.3) is 5.91 Å². The SMILES string of the molecule is C=CCn1c(=NC(=O)c2ccc(S(=O)(=O)N3CC(C)CC(C)C3)cc2)sc2cc(F)cc(F)c21. The van der Waals surface area contributed by atoms with Crippen LogP contribution in [0.3, 0.4) is 0 Å². The largest absolute Gasteiger partial charge is 0.310 e. The fourth-order valence-electron chi connectivity index (χ4n) is 4.38. The lowest BCUT2D eigenvalue weighted by atomic mass is 9.94. The number of amides is 1. The lowest BCUT2D eigenvalue weighted by Gasteiger charge is -2.34. The topological polar surface area (TPSA) is 71.7 Å². The zero-order valence-corrected chi connectivity index (χ0v) is 20.5. The number of benzene rings is 2. The van der Waals surface area contributed by atoms with Crippen molar-refractivity contribution in [3.63, 3.8) is 0 Å². The molecule has 0 aliphatic carbocycles. The van der Waals surface area contributed by atoms with Gasteiger partial charge in [-0.05, 0) is 48.6 Å². The molecule has 0 saturated carbocycles. The molecule has 0 bridgehead atoms. The number of piperidine rings is 1. The maximum absolute atomic E-state index is 14.4. The molecule has 1 aliphatic rings.